The molecule has 12 nitrogen and oxygen atoms in total. The van der Waals surface area contributed by atoms with E-state index in [1.807, 2.05) is 12.1 Å². The number of nitrogens with one attached hydrogen (secondary N) is 3. The van der Waals surface area contributed by atoms with E-state index in [0.29, 0.717) is 53.2 Å². The molecular formula is C32H45F3N10O2S. The highest BCUT2D eigenvalue weighted by Gasteiger charge is 2.62. The van der Waals surface area contributed by atoms with Crippen LogP contribution in [0.4, 0.5) is 30.6 Å². The zero-order valence-electron chi connectivity index (χ0n) is 27.2. The largest absolute Gasteiger partial charge is 0.394 e. The van der Waals surface area contributed by atoms with E-state index >= 15 is 0 Å². The number of aromatic amines is 1. The standard InChI is InChI=1S/C32H45F3N10O2S/c1-30(2)17-21(5-4-15-44(19-23(37)41-20-36)26-6-3-7-27(48)43-26)18-45(30)29-22(28(39)46)8-9-25(42-29)40-14-10-24(38)47-16-13-31(11-12-31)32(33,34)35/h3,6-10,14,20-21,24H,4-5,11-13,15-19,38H2,1-2H3,(H2,39,46)(H,40,42)(H,43,48)(H3,36,37,41)/b14-10-/t21-,24?/m0/s1. The Morgan fingerprint density at radius 3 is 2.71 bits per heavy atom. The van der Waals surface area contributed by atoms with Gasteiger partial charge in [0.25, 0.3) is 5.91 Å². The summed E-state index contributed by atoms with van der Waals surface area (Å²) in [4.78, 5) is 28.4. The Labute approximate surface area is 283 Å². The molecule has 1 amide bonds. The Morgan fingerprint density at radius 1 is 1.31 bits per heavy atom. The van der Waals surface area contributed by atoms with Crippen molar-refractivity contribution in [1.82, 2.24) is 9.97 Å². The van der Waals surface area contributed by atoms with E-state index in [2.05, 4.69) is 38.9 Å². The number of halogens is 3. The minimum absolute atomic E-state index is 0.100. The van der Waals surface area contributed by atoms with Crippen molar-refractivity contribution in [2.75, 3.05) is 41.4 Å². The summed E-state index contributed by atoms with van der Waals surface area (Å²) in [6, 6.07) is 8.84. The predicted octanol–water partition coefficient (Wildman–Crippen LogP) is 5.05. The minimum atomic E-state index is -4.23. The molecule has 3 heterocycles. The lowest BCUT2D eigenvalue weighted by Gasteiger charge is -2.33. The van der Waals surface area contributed by atoms with Gasteiger partial charge in [0.05, 0.1) is 17.5 Å². The molecule has 4 rings (SSSR count). The summed E-state index contributed by atoms with van der Waals surface area (Å²) in [5.74, 6) is 1.73. The highest BCUT2D eigenvalue weighted by Crippen LogP contribution is 2.59. The number of amidine groups is 1. The van der Waals surface area contributed by atoms with Gasteiger partial charge in [-0.05, 0) is 88.6 Å². The maximum atomic E-state index is 13.1. The normalized spacial score (nSPS) is 19.3. The Morgan fingerprint density at radius 2 is 2.06 bits per heavy atom. The van der Waals surface area contributed by atoms with Crippen LogP contribution >= 0.6 is 12.2 Å². The SMILES string of the molecule is CC1(C)C[C@H](CCCN(CC(N)=NC=N)c2cccc(=S)[nH]2)CN1c1nc(N/C=C\C(N)OCCC2(C(F)(F)F)CC2)ccc1C(N)=O. The quantitative estimate of drug-likeness (QED) is 0.0571. The molecule has 2 aliphatic rings. The maximum Gasteiger partial charge on any atom is 0.394 e. The lowest BCUT2D eigenvalue weighted by Crippen LogP contribution is -2.40. The number of nitrogens with two attached hydrogens (primary N) is 3. The first-order chi connectivity index (χ1) is 22.6. The molecule has 0 radical (unpaired) electrons. The van der Waals surface area contributed by atoms with Crippen LogP contribution in [0.25, 0.3) is 0 Å². The number of primary amides is 1. The average molecular weight is 691 g/mol. The van der Waals surface area contributed by atoms with E-state index in [1.165, 1.54) is 12.3 Å². The lowest BCUT2D eigenvalue weighted by atomic mass is 9.93. The fourth-order valence-electron chi connectivity index (χ4n) is 6.18. The zero-order chi connectivity index (χ0) is 35.1. The van der Waals surface area contributed by atoms with E-state index < -0.39 is 23.7 Å². The second-order valence-corrected chi connectivity index (χ2v) is 13.4. The molecule has 2 aromatic heterocycles. The molecular weight excluding hydrogens is 645 g/mol. The smallest absolute Gasteiger partial charge is 0.386 e. The predicted molar refractivity (Wildman–Crippen MR) is 185 cm³/mol. The number of alkyl halides is 3. The molecule has 2 fully saturated rings. The summed E-state index contributed by atoms with van der Waals surface area (Å²) >= 11 is 5.30. The number of rotatable bonds is 17. The van der Waals surface area contributed by atoms with Crippen molar-refractivity contribution in [2.24, 2.45) is 33.5 Å². The van der Waals surface area contributed by atoms with Gasteiger partial charge in [-0.1, -0.05) is 18.3 Å². The van der Waals surface area contributed by atoms with Gasteiger partial charge in [-0.2, -0.15) is 13.2 Å². The van der Waals surface area contributed by atoms with Gasteiger partial charge in [0.1, 0.15) is 40.5 Å². The molecule has 1 aliphatic carbocycles. The highest BCUT2D eigenvalue weighted by molar-refractivity contribution is 7.71. The number of ether oxygens (including phenoxy) is 1. The number of hydrogen-bond acceptors (Lipinski definition) is 9. The number of anilines is 3. The van der Waals surface area contributed by atoms with Gasteiger partial charge in [-0.25, -0.2) is 9.98 Å². The van der Waals surface area contributed by atoms with Crippen LogP contribution in [0.5, 0.6) is 0 Å². The van der Waals surface area contributed by atoms with Crippen molar-refractivity contribution in [2.45, 2.75) is 70.3 Å². The Bertz CT molecular complexity index is 1560. The molecule has 1 aliphatic heterocycles. The zero-order valence-corrected chi connectivity index (χ0v) is 28.0. The van der Waals surface area contributed by atoms with E-state index in [-0.39, 0.29) is 31.4 Å². The monoisotopic (exact) mass is 690 g/mol. The molecule has 48 heavy (non-hydrogen) atoms. The molecule has 2 aromatic rings. The molecule has 1 saturated heterocycles. The van der Waals surface area contributed by atoms with Crippen LogP contribution in [-0.4, -0.2) is 72.2 Å². The molecule has 1 saturated carbocycles. The Balaban J connectivity index is 1.38. The van der Waals surface area contributed by atoms with Crippen LogP contribution in [0.15, 0.2) is 47.6 Å². The summed E-state index contributed by atoms with van der Waals surface area (Å²) in [6.07, 6.45) is 1.50. The molecule has 1 unspecified atom stereocenters. The van der Waals surface area contributed by atoms with Crippen molar-refractivity contribution >= 4 is 47.8 Å². The molecule has 0 aromatic carbocycles. The first-order valence-electron chi connectivity index (χ1n) is 15.9. The second-order valence-electron chi connectivity index (χ2n) is 13.0. The van der Waals surface area contributed by atoms with Gasteiger partial charge >= 0.3 is 6.18 Å². The second kappa shape index (κ2) is 15.5. The minimum Gasteiger partial charge on any atom is -0.386 e. The van der Waals surface area contributed by atoms with Crippen molar-refractivity contribution in [1.29, 1.82) is 5.41 Å². The number of aromatic nitrogens is 2. The number of pyridine rings is 2. The van der Waals surface area contributed by atoms with Crippen LogP contribution in [0, 0.1) is 21.4 Å². The number of H-pyrrole nitrogens is 1. The van der Waals surface area contributed by atoms with Crippen LogP contribution in [0.2, 0.25) is 0 Å². The molecule has 16 heteroatoms. The van der Waals surface area contributed by atoms with Crippen LogP contribution in [-0.2, 0) is 4.74 Å². The van der Waals surface area contributed by atoms with Crippen molar-refractivity contribution < 1.29 is 22.7 Å². The summed E-state index contributed by atoms with van der Waals surface area (Å²) in [6.45, 7) is 5.77. The maximum absolute atomic E-state index is 13.1. The number of nitrogens with zero attached hydrogens (tertiary/aromatic N) is 4. The fraction of sp³-hybridized carbons (Fsp3) is 0.531. The third-order valence-corrected chi connectivity index (χ3v) is 9.17. The van der Waals surface area contributed by atoms with Gasteiger partial charge in [-0.3, -0.25) is 10.2 Å². The fourth-order valence-corrected chi connectivity index (χ4v) is 6.36. The number of hydrogen-bond donors (Lipinski definition) is 6. The lowest BCUT2D eigenvalue weighted by molar-refractivity contribution is -0.192. The third kappa shape index (κ3) is 9.54. The highest BCUT2D eigenvalue weighted by atomic mass is 32.1. The van der Waals surface area contributed by atoms with E-state index in [4.69, 9.17) is 44.5 Å². The summed E-state index contributed by atoms with van der Waals surface area (Å²) in [5.41, 5.74) is 16.0. The third-order valence-electron chi connectivity index (χ3n) is 8.94. The van der Waals surface area contributed by atoms with E-state index in [0.717, 1.165) is 31.4 Å². The first-order valence-corrected chi connectivity index (χ1v) is 16.3. The first kappa shape index (κ1) is 36.8. The van der Waals surface area contributed by atoms with Gasteiger partial charge in [0.15, 0.2) is 0 Å². The average Bonchev–Trinajstić information content (AvgIpc) is 3.74. The molecule has 0 spiro atoms. The van der Waals surface area contributed by atoms with E-state index in [1.54, 1.807) is 18.2 Å². The van der Waals surface area contributed by atoms with Gasteiger partial charge < -0.3 is 42.0 Å². The summed E-state index contributed by atoms with van der Waals surface area (Å²) in [5, 5.41) is 10.3. The Kier molecular flexibility index (Phi) is 11.9. The van der Waals surface area contributed by atoms with Crippen LogP contribution in [0.3, 0.4) is 0 Å². The molecule has 0 bridgehead atoms. The molecule has 9 N–H and O–H groups in total. The van der Waals surface area contributed by atoms with Crippen LogP contribution < -0.4 is 32.3 Å². The number of amides is 1. The number of carbonyl (C=O) groups excluding carboxylic acids is 1. The summed E-state index contributed by atoms with van der Waals surface area (Å²) in [7, 11) is 0. The number of carbonyl (C=O) groups is 1. The Hall–Kier alpha value is -4.02. The number of aliphatic imine (C=N–C) groups is 1. The molecule has 2 atom stereocenters. The topological polar surface area (TPSA) is 188 Å². The van der Waals surface area contributed by atoms with Crippen LogP contribution in [0.1, 0.15) is 62.7 Å². The van der Waals surface area contributed by atoms with Gasteiger partial charge in [0.2, 0.25) is 0 Å². The van der Waals surface area contributed by atoms with E-state index in [9.17, 15) is 18.0 Å². The van der Waals surface area contributed by atoms with Crippen molar-refractivity contribution in [3.8, 4) is 0 Å². The van der Waals surface area contributed by atoms with Gasteiger partial charge in [-0.15, -0.1) is 0 Å². The molecule has 262 valence electrons. The van der Waals surface area contributed by atoms with Gasteiger partial charge in [0, 0.05) is 31.4 Å². The summed E-state index contributed by atoms with van der Waals surface area (Å²) < 4.78 is 45.4. The van der Waals surface area contributed by atoms with Crippen molar-refractivity contribution in [3.63, 3.8) is 0 Å². The van der Waals surface area contributed by atoms with Crippen molar-refractivity contribution in [3.05, 3.63) is 52.8 Å².